The van der Waals surface area contributed by atoms with Gasteiger partial charge in [-0.2, -0.15) is 0 Å². The van der Waals surface area contributed by atoms with E-state index in [1.165, 1.54) is 12.8 Å². The molecule has 3 rings (SSSR count). The zero-order valence-electron chi connectivity index (χ0n) is 12.5. The minimum atomic E-state index is 0.0943. The van der Waals surface area contributed by atoms with Gasteiger partial charge in [-0.3, -0.25) is 4.79 Å². The molecule has 0 spiro atoms. The molecule has 0 bridgehead atoms. The van der Waals surface area contributed by atoms with Gasteiger partial charge in [0.25, 0.3) is 5.91 Å². The van der Waals surface area contributed by atoms with Gasteiger partial charge in [0.2, 0.25) is 0 Å². The summed E-state index contributed by atoms with van der Waals surface area (Å²) in [6.07, 6.45) is 4.52. The zero-order chi connectivity index (χ0) is 14.7. The number of carbonyl (C=O) groups excluding carboxylic acids is 1. The molecule has 2 fully saturated rings. The number of ether oxygens (including phenoxy) is 1. The van der Waals surface area contributed by atoms with Gasteiger partial charge in [-0.1, -0.05) is 12.1 Å². The Balaban J connectivity index is 1.66. The van der Waals surface area contributed by atoms with Crippen molar-refractivity contribution in [2.24, 2.45) is 17.6 Å². The lowest BCUT2D eigenvalue weighted by atomic mass is 9.96. The number of benzene rings is 1. The van der Waals surface area contributed by atoms with E-state index < -0.39 is 0 Å². The van der Waals surface area contributed by atoms with Crippen LogP contribution >= 0.6 is 0 Å². The summed E-state index contributed by atoms with van der Waals surface area (Å²) in [5, 5.41) is 0. The molecule has 0 radical (unpaired) electrons. The molecule has 1 saturated carbocycles. The largest absolute Gasteiger partial charge is 0.492 e. The van der Waals surface area contributed by atoms with E-state index in [4.69, 9.17) is 10.5 Å². The van der Waals surface area contributed by atoms with Crippen molar-refractivity contribution < 1.29 is 9.53 Å². The molecule has 1 amide bonds. The van der Waals surface area contributed by atoms with Gasteiger partial charge in [0, 0.05) is 13.1 Å². The van der Waals surface area contributed by atoms with Crippen LogP contribution in [0.15, 0.2) is 24.3 Å². The van der Waals surface area contributed by atoms with Crippen LogP contribution in [-0.2, 0) is 0 Å². The number of carbonyl (C=O) groups is 1. The van der Waals surface area contributed by atoms with Gasteiger partial charge >= 0.3 is 0 Å². The highest BCUT2D eigenvalue weighted by molar-refractivity contribution is 5.97. The fourth-order valence-electron chi connectivity index (χ4n) is 2.80. The molecular formula is C17H24N2O2. The van der Waals surface area contributed by atoms with E-state index in [2.05, 4.69) is 0 Å². The highest BCUT2D eigenvalue weighted by atomic mass is 16.5. The fourth-order valence-corrected chi connectivity index (χ4v) is 2.80. The van der Waals surface area contributed by atoms with Crippen LogP contribution in [0, 0.1) is 11.8 Å². The van der Waals surface area contributed by atoms with Crippen molar-refractivity contribution in [1.82, 2.24) is 4.90 Å². The van der Waals surface area contributed by atoms with Crippen molar-refractivity contribution in [3.05, 3.63) is 29.8 Å². The van der Waals surface area contributed by atoms with Gasteiger partial charge in [0.05, 0.1) is 12.2 Å². The van der Waals surface area contributed by atoms with Crippen LogP contribution in [0.25, 0.3) is 0 Å². The van der Waals surface area contributed by atoms with E-state index in [0.717, 1.165) is 44.8 Å². The fraction of sp³-hybridized carbons (Fsp3) is 0.588. The van der Waals surface area contributed by atoms with Crippen LogP contribution in [0.1, 0.15) is 36.0 Å². The van der Waals surface area contributed by atoms with E-state index in [1.54, 1.807) is 0 Å². The van der Waals surface area contributed by atoms with E-state index in [0.29, 0.717) is 17.4 Å². The molecule has 1 aliphatic heterocycles. The lowest BCUT2D eigenvalue weighted by Crippen LogP contribution is -2.40. The highest BCUT2D eigenvalue weighted by Crippen LogP contribution is 2.31. The van der Waals surface area contributed by atoms with Crippen LogP contribution < -0.4 is 10.5 Å². The predicted octanol–water partition coefficient (Wildman–Crippen LogP) is 2.29. The van der Waals surface area contributed by atoms with Gasteiger partial charge in [-0.05, 0) is 56.2 Å². The number of rotatable bonds is 5. The third-order valence-corrected chi connectivity index (χ3v) is 4.52. The second-order valence-corrected chi connectivity index (χ2v) is 6.22. The van der Waals surface area contributed by atoms with Crippen LogP contribution in [0.3, 0.4) is 0 Å². The standard InChI is InChI=1S/C17H24N2O2/c18-11-13-7-9-19(10-8-13)17(20)15-3-1-2-4-16(15)21-12-14-5-6-14/h1-4,13-14H,5-12,18H2. The Hall–Kier alpha value is -1.55. The number of nitrogens with two attached hydrogens (primary N) is 1. The van der Waals surface area contributed by atoms with Crippen LogP contribution in [0.4, 0.5) is 0 Å². The average Bonchev–Trinajstić information content (AvgIpc) is 3.37. The SMILES string of the molecule is NCC1CCN(C(=O)c2ccccc2OCC2CC2)CC1. The van der Waals surface area contributed by atoms with E-state index in [9.17, 15) is 4.79 Å². The minimum absolute atomic E-state index is 0.0943. The molecule has 2 N–H and O–H groups in total. The molecule has 4 nitrogen and oxygen atoms in total. The summed E-state index contributed by atoms with van der Waals surface area (Å²) in [4.78, 5) is 14.6. The monoisotopic (exact) mass is 288 g/mol. The molecule has 1 saturated heterocycles. The first-order chi connectivity index (χ1) is 10.3. The summed E-state index contributed by atoms with van der Waals surface area (Å²) >= 11 is 0. The van der Waals surface area contributed by atoms with Crippen LogP contribution in [-0.4, -0.2) is 37.0 Å². The number of nitrogens with zero attached hydrogens (tertiary/aromatic N) is 1. The number of likely N-dealkylation sites (tertiary alicyclic amines) is 1. The molecule has 0 atom stereocenters. The van der Waals surface area contributed by atoms with Crippen molar-refractivity contribution in [1.29, 1.82) is 0 Å². The Labute approximate surface area is 126 Å². The highest BCUT2D eigenvalue weighted by Gasteiger charge is 2.26. The smallest absolute Gasteiger partial charge is 0.257 e. The molecule has 0 unspecified atom stereocenters. The lowest BCUT2D eigenvalue weighted by Gasteiger charge is -2.31. The van der Waals surface area contributed by atoms with Crippen molar-refractivity contribution in [2.45, 2.75) is 25.7 Å². The van der Waals surface area contributed by atoms with Gasteiger partial charge in [-0.25, -0.2) is 0 Å². The van der Waals surface area contributed by atoms with Gasteiger partial charge in [0.1, 0.15) is 5.75 Å². The number of para-hydroxylation sites is 1. The van der Waals surface area contributed by atoms with Gasteiger partial charge in [0.15, 0.2) is 0 Å². The molecule has 1 heterocycles. The number of piperidine rings is 1. The molecular weight excluding hydrogens is 264 g/mol. The van der Waals surface area contributed by atoms with Crippen LogP contribution in [0.5, 0.6) is 5.75 Å². The quantitative estimate of drug-likeness (QED) is 0.904. The Morgan fingerprint density at radius 1 is 1.14 bits per heavy atom. The molecule has 2 aliphatic rings. The number of hydrogen-bond acceptors (Lipinski definition) is 3. The van der Waals surface area contributed by atoms with Crippen molar-refractivity contribution in [3.8, 4) is 5.75 Å². The summed E-state index contributed by atoms with van der Waals surface area (Å²) in [5.74, 6) is 2.08. The first-order valence-corrected chi connectivity index (χ1v) is 7.99. The third-order valence-electron chi connectivity index (χ3n) is 4.52. The summed E-state index contributed by atoms with van der Waals surface area (Å²) in [6.45, 7) is 3.07. The van der Waals surface area contributed by atoms with E-state index >= 15 is 0 Å². The predicted molar refractivity (Wildman–Crippen MR) is 82.3 cm³/mol. The van der Waals surface area contributed by atoms with Crippen molar-refractivity contribution in [2.75, 3.05) is 26.2 Å². The number of hydrogen-bond donors (Lipinski definition) is 1. The van der Waals surface area contributed by atoms with Crippen molar-refractivity contribution in [3.63, 3.8) is 0 Å². The third kappa shape index (κ3) is 3.56. The Morgan fingerprint density at radius 2 is 1.86 bits per heavy atom. The molecule has 21 heavy (non-hydrogen) atoms. The Morgan fingerprint density at radius 3 is 2.52 bits per heavy atom. The summed E-state index contributed by atoms with van der Waals surface area (Å²) in [7, 11) is 0. The first kappa shape index (κ1) is 14.4. The maximum Gasteiger partial charge on any atom is 0.257 e. The van der Waals surface area contributed by atoms with E-state index in [-0.39, 0.29) is 5.91 Å². The Bertz CT molecular complexity index is 491. The zero-order valence-corrected chi connectivity index (χ0v) is 12.5. The summed E-state index contributed by atoms with van der Waals surface area (Å²) < 4.78 is 5.85. The molecule has 1 aromatic carbocycles. The lowest BCUT2D eigenvalue weighted by molar-refractivity contribution is 0.0688. The van der Waals surface area contributed by atoms with Gasteiger partial charge < -0.3 is 15.4 Å². The van der Waals surface area contributed by atoms with Gasteiger partial charge in [-0.15, -0.1) is 0 Å². The Kier molecular flexibility index (Phi) is 4.44. The maximum absolute atomic E-state index is 12.7. The minimum Gasteiger partial charge on any atom is -0.492 e. The molecule has 1 aromatic rings. The summed E-state index contributed by atoms with van der Waals surface area (Å²) in [6, 6.07) is 7.62. The second-order valence-electron chi connectivity index (χ2n) is 6.22. The normalized spacial score (nSPS) is 19.6. The topological polar surface area (TPSA) is 55.6 Å². The maximum atomic E-state index is 12.7. The first-order valence-electron chi connectivity index (χ1n) is 7.99. The average molecular weight is 288 g/mol. The van der Waals surface area contributed by atoms with Crippen LogP contribution in [0.2, 0.25) is 0 Å². The van der Waals surface area contributed by atoms with E-state index in [1.807, 2.05) is 29.2 Å². The molecule has 4 heteroatoms. The molecule has 114 valence electrons. The molecule has 0 aromatic heterocycles. The summed E-state index contributed by atoms with van der Waals surface area (Å²) in [5.41, 5.74) is 6.41. The molecule has 1 aliphatic carbocycles. The number of amides is 1. The second kappa shape index (κ2) is 6.48. The van der Waals surface area contributed by atoms with Crippen molar-refractivity contribution >= 4 is 5.91 Å².